The summed E-state index contributed by atoms with van der Waals surface area (Å²) in [6.45, 7) is 2.04. The molecule has 74 valence electrons. The molecule has 0 aromatic carbocycles. The minimum atomic E-state index is -0.466. The van der Waals surface area contributed by atoms with E-state index >= 15 is 0 Å². The highest BCUT2D eigenvalue weighted by Gasteiger charge is 2.04. The van der Waals surface area contributed by atoms with Gasteiger partial charge in [-0.05, 0) is 28.9 Å². The van der Waals surface area contributed by atoms with Gasteiger partial charge in [-0.15, -0.1) is 0 Å². The number of aliphatic hydroxyl groups excluding tert-OH is 1. The number of nitrogens with zero attached hydrogens (tertiary/aromatic N) is 2. The summed E-state index contributed by atoms with van der Waals surface area (Å²) in [6, 6.07) is 3.70. The summed E-state index contributed by atoms with van der Waals surface area (Å²) in [4.78, 5) is 4.03. The second-order valence-corrected chi connectivity index (χ2v) is 3.81. The number of nitrogens with one attached hydrogen (secondary N) is 1. The second-order valence-electron chi connectivity index (χ2n) is 2.89. The van der Waals surface area contributed by atoms with Crippen LogP contribution in [-0.4, -0.2) is 22.7 Å². The minimum Gasteiger partial charge on any atom is -0.392 e. The molecule has 0 saturated carbocycles. The molecule has 0 saturated heterocycles. The molecule has 4 nitrogen and oxygen atoms in total. The molecule has 0 aliphatic heterocycles. The Bertz CT molecular complexity index is 360. The van der Waals surface area contributed by atoms with Crippen LogP contribution < -0.4 is 5.32 Å². The zero-order valence-electron chi connectivity index (χ0n) is 7.66. The third-order valence-electron chi connectivity index (χ3n) is 1.54. The predicted molar refractivity (Wildman–Crippen MR) is 56.8 cm³/mol. The predicted octanol–water partition coefficient (Wildman–Crippen LogP) is 1.51. The lowest BCUT2D eigenvalue weighted by atomic mass is 10.3. The molecular formula is C9H10BrN3O. The maximum absolute atomic E-state index is 9.05. The third-order valence-corrected chi connectivity index (χ3v) is 1.97. The molecule has 0 spiro atoms. The highest BCUT2D eigenvalue weighted by molar-refractivity contribution is 9.10. The van der Waals surface area contributed by atoms with Crippen LogP contribution in [0.25, 0.3) is 0 Å². The Balaban J connectivity index is 2.82. The summed E-state index contributed by atoms with van der Waals surface area (Å²) < 4.78 is 0.761. The maximum atomic E-state index is 9.05. The van der Waals surface area contributed by atoms with Crippen LogP contribution >= 0.6 is 15.9 Å². The van der Waals surface area contributed by atoms with Gasteiger partial charge in [-0.25, -0.2) is 4.98 Å². The van der Waals surface area contributed by atoms with Crippen LogP contribution in [0.5, 0.6) is 0 Å². The smallest absolute Gasteiger partial charge is 0.144 e. The van der Waals surface area contributed by atoms with E-state index in [1.165, 1.54) is 0 Å². The van der Waals surface area contributed by atoms with Gasteiger partial charge in [0.15, 0.2) is 0 Å². The standard InChI is InChI=1S/C9H10BrN3O/c1-6(14)4-12-9-7(3-11)2-8(10)5-13-9/h2,5-6,14H,4H2,1H3,(H,12,13). The van der Waals surface area contributed by atoms with Crippen LogP contribution in [0.15, 0.2) is 16.7 Å². The highest BCUT2D eigenvalue weighted by atomic mass is 79.9. The van der Waals surface area contributed by atoms with E-state index in [0.717, 1.165) is 4.47 Å². The SMILES string of the molecule is CC(O)CNc1ncc(Br)cc1C#N. The van der Waals surface area contributed by atoms with E-state index in [2.05, 4.69) is 26.2 Å². The average molecular weight is 256 g/mol. The lowest BCUT2D eigenvalue weighted by Crippen LogP contribution is -2.16. The maximum Gasteiger partial charge on any atom is 0.144 e. The molecule has 2 N–H and O–H groups in total. The Morgan fingerprint density at radius 1 is 1.79 bits per heavy atom. The van der Waals surface area contributed by atoms with Crippen LogP contribution in [0.1, 0.15) is 12.5 Å². The van der Waals surface area contributed by atoms with E-state index in [1.807, 2.05) is 6.07 Å². The number of nitriles is 1. The first-order chi connectivity index (χ1) is 6.63. The number of aromatic nitrogens is 1. The second kappa shape index (κ2) is 4.94. The Kier molecular flexibility index (Phi) is 3.86. The molecule has 0 aliphatic carbocycles. The Hall–Kier alpha value is -1.12. The number of aliphatic hydroxyl groups is 1. The third kappa shape index (κ3) is 2.98. The molecule has 1 unspecified atom stereocenters. The summed E-state index contributed by atoms with van der Waals surface area (Å²) in [5, 5.41) is 20.7. The molecule has 1 atom stereocenters. The average Bonchev–Trinajstić information content (AvgIpc) is 2.15. The first-order valence-electron chi connectivity index (χ1n) is 4.11. The van der Waals surface area contributed by atoms with Gasteiger partial charge in [0.2, 0.25) is 0 Å². The van der Waals surface area contributed by atoms with E-state index in [4.69, 9.17) is 10.4 Å². The van der Waals surface area contributed by atoms with Crippen molar-refractivity contribution in [2.24, 2.45) is 0 Å². The van der Waals surface area contributed by atoms with Crippen molar-refractivity contribution in [3.05, 3.63) is 22.3 Å². The lowest BCUT2D eigenvalue weighted by molar-refractivity contribution is 0.208. The molecule has 1 aromatic rings. The van der Waals surface area contributed by atoms with Crippen molar-refractivity contribution in [1.82, 2.24) is 4.98 Å². The van der Waals surface area contributed by atoms with Crippen molar-refractivity contribution >= 4 is 21.7 Å². The monoisotopic (exact) mass is 255 g/mol. The summed E-state index contributed by atoms with van der Waals surface area (Å²) >= 11 is 3.23. The van der Waals surface area contributed by atoms with Crippen molar-refractivity contribution in [3.63, 3.8) is 0 Å². The fourth-order valence-corrected chi connectivity index (χ4v) is 1.24. The number of hydrogen-bond donors (Lipinski definition) is 2. The molecule has 1 heterocycles. The van der Waals surface area contributed by atoms with Crippen LogP contribution in [-0.2, 0) is 0 Å². The molecule has 1 aromatic heterocycles. The normalized spacial score (nSPS) is 11.9. The zero-order valence-corrected chi connectivity index (χ0v) is 9.24. The molecular weight excluding hydrogens is 246 g/mol. The quantitative estimate of drug-likeness (QED) is 0.860. The summed E-state index contributed by atoms with van der Waals surface area (Å²) in [5.41, 5.74) is 0.458. The van der Waals surface area contributed by atoms with Crippen molar-refractivity contribution < 1.29 is 5.11 Å². The zero-order chi connectivity index (χ0) is 10.6. The van der Waals surface area contributed by atoms with Gasteiger partial charge >= 0.3 is 0 Å². The molecule has 0 bridgehead atoms. The van der Waals surface area contributed by atoms with Crippen molar-refractivity contribution in [1.29, 1.82) is 5.26 Å². The Morgan fingerprint density at radius 2 is 2.50 bits per heavy atom. The van der Waals surface area contributed by atoms with Crippen LogP contribution in [0.2, 0.25) is 0 Å². The molecule has 14 heavy (non-hydrogen) atoms. The summed E-state index contributed by atoms with van der Waals surface area (Å²) in [5.74, 6) is 0.497. The molecule has 0 radical (unpaired) electrons. The Labute approximate surface area is 90.7 Å². The van der Waals surface area contributed by atoms with Gasteiger partial charge in [0.25, 0.3) is 0 Å². The fraction of sp³-hybridized carbons (Fsp3) is 0.333. The van der Waals surface area contributed by atoms with Crippen LogP contribution in [0.3, 0.4) is 0 Å². The number of halogens is 1. The molecule has 5 heteroatoms. The van der Waals surface area contributed by atoms with Crippen molar-refractivity contribution in [2.75, 3.05) is 11.9 Å². The Morgan fingerprint density at radius 3 is 3.07 bits per heavy atom. The molecule has 0 amide bonds. The van der Waals surface area contributed by atoms with Gasteiger partial charge in [0.05, 0.1) is 11.7 Å². The van der Waals surface area contributed by atoms with Gasteiger partial charge in [-0.2, -0.15) is 5.26 Å². The topological polar surface area (TPSA) is 68.9 Å². The number of hydrogen-bond acceptors (Lipinski definition) is 4. The van der Waals surface area contributed by atoms with Gasteiger partial charge in [-0.1, -0.05) is 0 Å². The summed E-state index contributed by atoms with van der Waals surface area (Å²) in [6.07, 6.45) is 1.14. The molecule has 0 aliphatic rings. The van der Waals surface area contributed by atoms with E-state index < -0.39 is 6.10 Å². The lowest BCUT2D eigenvalue weighted by Gasteiger charge is -2.08. The van der Waals surface area contributed by atoms with Crippen molar-refractivity contribution in [2.45, 2.75) is 13.0 Å². The minimum absolute atomic E-state index is 0.378. The van der Waals surface area contributed by atoms with E-state index in [-0.39, 0.29) is 0 Å². The molecule has 0 fully saturated rings. The van der Waals surface area contributed by atoms with Crippen LogP contribution in [0.4, 0.5) is 5.82 Å². The largest absolute Gasteiger partial charge is 0.392 e. The van der Waals surface area contributed by atoms with Gasteiger partial charge in [-0.3, -0.25) is 0 Å². The van der Waals surface area contributed by atoms with Gasteiger partial charge < -0.3 is 10.4 Å². The number of anilines is 1. The van der Waals surface area contributed by atoms with E-state index in [0.29, 0.717) is 17.9 Å². The van der Waals surface area contributed by atoms with Gasteiger partial charge in [0.1, 0.15) is 11.9 Å². The van der Waals surface area contributed by atoms with E-state index in [9.17, 15) is 0 Å². The number of pyridine rings is 1. The first-order valence-corrected chi connectivity index (χ1v) is 4.90. The molecule has 1 rings (SSSR count). The highest BCUT2D eigenvalue weighted by Crippen LogP contribution is 2.16. The fourth-order valence-electron chi connectivity index (χ4n) is 0.910. The summed E-state index contributed by atoms with van der Waals surface area (Å²) in [7, 11) is 0. The number of rotatable bonds is 3. The van der Waals surface area contributed by atoms with Gasteiger partial charge in [0, 0.05) is 17.2 Å². The van der Waals surface area contributed by atoms with E-state index in [1.54, 1.807) is 19.2 Å². The first kappa shape index (κ1) is 11.0. The van der Waals surface area contributed by atoms with Crippen LogP contribution in [0, 0.1) is 11.3 Å². The van der Waals surface area contributed by atoms with Crippen molar-refractivity contribution in [3.8, 4) is 6.07 Å².